The first-order valence-corrected chi connectivity index (χ1v) is 7.43. The molecule has 0 spiro atoms. The quantitative estimate of drug-likeness (QED) is 0.776. The van der Waals surface area contributed by atoms with Crippen LogP contribution in [-0.2, 0) is 10.0 Å². The van der Waals surface area contributed by atoms with Crippen molar-refractivity contribution in [1.29, 1.82) is 0 Å². The molecule has 1 aliphatic rings. The standard InChI is InChI=1S/C10H22N2O2S/c1-9(7-11)6-10-4-3-5-12(8-10)15(2,13)14/h9-10H,3-8,11H2,1-2H3. The summed E-state index contributed by atoms with van der Waals surface area (Å²) in [5, 5.41) is 0. The Labute approximate surface area is 92.9 Å². The van der Waals surface area contributed by atoms with Crippen molar-refractivity contribution in [1.82, 2.24) is 4.31 Å². The van der Waals surface area contributed by atoms with Crippen LogP contribution in [0.1, 0.15) is 26.2 Å². The second-order valence-electron chi connectivity index (χ2n) is 4.71. The minimum absolute atomic E-state index is 0.493. The first kappa shape index (κ1) is 12.9. The summed E-state index contributed by atoms with van der Waals surface area (Å²) in [7, 11) is -3.00. The monoisotopic (exact) mass is 234 g/mol. The van der Waals surface area contributed by atoms with Gasteiger partial charge in [0.25, 0.3) is 0 Å². The van der Waals surface area contributed by atoms with Crippen LogP contribution >= 0.6 is 0 Å². The smallest absolute Gasteiger partial charge is 0.211 e. The maximum absolute atomic E-state index is 11.4. The van der Waals surface area contributed by atoms with E-state index in [1.165, 1.54) is 6.26 Å². The third kappa shape index (κ3) is 4.09. The van der Waals surface area contributed by atoms with Gasteiger partial charge in [-0.2, -0.15) is 0 Å². The van der Waals surface area contributed by atoms with Crippen molar-refractivity contribution in [3.05, 3.63) is 0 Å². The number of hydrogen-bond acceptors (Lipinski definition) is 3. The van der Waals surface area contributed by atoms with Crippen molar-refractivity contribution in [2.45, 2.75) is 26.2 Å². The van der Waals surface area contributed by atoms with Gasteiger partial charge >= 0.3 is 0 Å². The Kier molecular flexibility index (Phi) is 4.55. The van der Waals surface area contributed by atoms with E-state index in [4.69, 9.17) is 5.73 Å². The highest BCUT2D eigenvalue weighted by Crippen LogP contribution is 2.24. The van der Waals surface area contributed by atoms with Crippen LogP contribution in [0.2, 0.25) is 0 Å². The second-order valence-corrected chi connectivity index (χ2v) is 6.69. The molecule has 0 bridgehead atoms. The first-order valence-electron chi connectivity index (χ1n) is 5.58. The summed E-state index contributed by atoms with van der Waals surface area (Å²) >= 11 is 0. The summed E-state index contributed by atoms with van der Waals surface area (Å²) in [4.78, 5) is 0. The van der Waals surface area contributed by atoms with Crippen molar-refractivity contribution in [2.75, 3.05) is 25.9 Å². The molecule has 1 heterocycles. The van der Waals surface area contributed by atoms with E-state index in [2.05, 4.69) is 6.92 Å². The molecule has 4 nitrogen and oxygen atoms in total. The molecule has 0 saturated carbocycles. The molecule has 1 fully saturated rings. The average molecular weight is 234 g/mol. The van der Waals surface area contributed by atoms with E-state index in [1.807, 2.05) is 0 Å². The van der Waals surface area contributed by atoms with Gasteiger partial charge in [-0.05, 0) is 37.6 Å². The van der Waals surface area contributed by atoms with Gasteiger partial charge in [0.2, 0.25) is 10.0 Å². The van der Waals surface area contributed by atoms with Gasteiger partial charge in [-0.15, -0.1) is 0 Å². The molecule has 90 valence electrons. The lowest BCUT2D eigenvalue weighted by atomic mass is 9.90. The Hall–Kier alpha value is -0.130. The van der Waals surface area contributed by atoms with Gasteiger partial charge in [0, 0.05) is 13.1 Å². The SMILES string of the molecule is CC(CN)CC1CCCN(S(C)(=O)=O)C1. The van der Waals surface area contributed by atoms with Crippen molar-refractivity contribution in [3.63, 3.8) is 0 Å². The van der Waals surface area contributed by atoms with E-state index in [-0.39, 0.29) is 0 Å². The third-order valence-corrected chi connectivity index (χ3v) is 4.36. The number of nitrogens with zero attached hydrogens (tertiary/aromatic N) is 1. The van der Waals surface area contributed by atoms with E-state index < -0.39 is 10.0 Å². The van der Waals surface area contributed by atoms with Gasteiger partial charge < -0.3 is 5.73 Å². The van der Waals surface area contributed by atoms with Crippen LogP contribution in [0.3, 0.4) is 0 Å². The lowest BCUT2D eigenvalue weighted by Gasteiger charge is -2.32. The molecular formula is C10H22N2O2S. The number of nitrogens with two attached hydrogens (primary N) is 1. The van der Waals surface area contributed by atoms with Gasteiger partial charge in [-0.3, -0.25) is 0 Å². The van der Waals surface area contributed by atoms with Gasteiger partial charge in [-0.25, -0.2) is 12.7 Å². The Morgan fingerprint density at radius 1 is 1.53 bits per heavy atom. The molecule has 2 N–H and O–H groups in total. The Morgan fingerprint density at radius 3 is 2.73 bits per heavy atom. The van der Waals surface area contributed by atoms with E-state index >= 15 is 0 Å². The molecule has 0 radical (unpaired) electrons. The summed E-state index contributed by atoms with van der Waals surface area (Å²) in [5.41, 5.74) is 5.58. The molecule has 15 heavy (non-hydrogen) atoms. The van der Waals surface area contributed by atoms with E-state index in [0.717, 1.165) is 19.3 Å². The Morgan fingerprint density at radius 2 is 2.20 bits per heavy atom. The van der Waals surface area contributed by atoms with Gasteiger partial charge in [-0.1, -0.05) is 6.92 Å². The zero-order valence-electron chi connectivity index (χ0n) is 9.65. The van der Waals surface area contributed by atoms with Crippen LogP contribution in [0.5, 0.6) is 0 Å². The molecule has 0 aromatic rings. The fourth-order valence-electron chi connectivity index (χ4n) is 2.19. The maximum atomic E-state index is 11.4. The lowest BCUT2D eigenvalue weighted by Crippen LogP contribution is -2.39. The van der Waals surface area contributed by atoms with Gasteiger partial charge in [0.1, 0.15) is 0 Å². The molecule has 2 unspecified atom stereocenters. The minimum Gasteiger partial charge on any atom is -0.330 e. The topological polar surface area (TPSA) is 63.4 Å². The molecule has 2 atom stereocenters. The van der Waals surface area contributed by atoms with Crippen LogP contribution in [0, 0.1) is 11.8 Å². The first-order chi connectivity index (χ1) is 6.93. The minimum atomic E-state index is -3.00. The number of hydrogen-bond donors (Lipinski definition) is 1. The fourth-order valence-corrected chi connectivity index (χ4v) is 3.13. The van der Waals surface area contributed by atoms with Crippen LogP contribution in [0.25, 0.3) is 0 Å². The summed E-state index contributed by atoms with van der Waals surface area (Å²) in [6, 6.07) is 0. The summed E-state index contributed by atoms with van der Waals surface area (Å²) in [6.07, 6.45) is 4.45. The molecule has 1 saturated heterocycles. The number of piperidine rings is 1. The van der Waals surface area contributed by atoms with E-state index in [1.54, 1.807) is 4.31 Å². The molecule has 0 aromatic carbocycles. The Bertz CT molecular complexity index is 290. The average Bonchev–Trinajstić information content (AvgIpc) is 2.17. The predicted molar refractivity (Wildman–Crippen MR) is 62.0 cm³/mol. The summed E-state index contributed by atoms with van der Waals surface area (Å²) in [6.45, 7) is 4.18. The highest BCUT2D eigenvalue weighted by atomic mass is 32.2. The third-order valence-electron chi connectivity index (χ3n) is 3.09. The van der Waals surface area contributed by atoms with Crippen molar-refractivity contribution < 1.29 is 8.42 Å². The highest BCUT2D eigenvalue weighted by Gasteiger charge is 2.26. The van der Waals surface area contributed by atoms with Crippen molar-refractivity contribution >= 4 is 10.0 Å². The summed E-state index contributed by atoms with van der Waals surface area (Å²) < 4.78 is 24.4. The van der Waals surface area contributed by atoms with E-state index in [9.17, 15) is 8.42 Å². The zero-order chi connectivity index (χ0) is 11.5. The maximum Gasteiger partial charge on any atom is 0.211 e. The van der Waals surface area contributed by atoms with Crippen molar-refractivity contribution in [3.8, 4) is 0 Å². The lowest BCUT2D eigenvalue weighted by molar-refractivity contribution is 0.236. The van der Waals surface area contributed by atoms with Gasteiger partial charge in [0.15, 0.2) is 0 Å². The van der Waals surface area contributed by atoms with Crippen molar-refractivity contribution in [2.24, 2.45) is 17.6 Å². The normalized spacial score (nSPS) is 26.5. The number of sulfonamides is 1. The van der Waals surface area contributed by atoms with Gasteiger partial charge in [0.05, 0.1) is 6.26 Å². The van der Waals surface area contributed by atoms with Crippen LogP contribution < -0.4 is 5.73 Å². The van der Waals surface area contributed by atoms with E-state index in [0.29, 0.717) is 31.5 Å². The van der Waals surface area contributed by atoms with Crippen LogP contribution in [0.4, 0.5) is 0 Å². The molecule has 1 rings (SSSR count). The molecule has 0 aliphatic carbocycles. The predicted octanol–water partition coefficient (Wildman–Crippen LogP) is 0.643. The Balaban J connectivity index is 2.49. The molecule has 5 heteroatoms. The zero-order valence-corrected chi connectivity index (χ0v) is 10.5. The second kappa shape index (κ2) is 5.27. The molecule has 1 aliphatic heterocycles. The van der Waals surface area contributed by atoms with Crippen LogP contribution in [-0.4, -0.2) is 38.6 Å². The molecule has 0 amide bonds. The molecular weight excluding hydrogens is 212 g/mol. The number of rotatable bonds is 4. The molecule has 0 aromatic heterocycles. The highest BCUT2D eigenvalue weighted by molar-refractivity contribution is 7.88. The largest absolute Gasteiger partial charge is 0.330 e. The fraction of sp³-hybridized carbons (Fsp3) is 1.00. The van der Waals surface area contributed by atoms with Crippen LogP contribution in [0.15, 0.2) is 0 Å². The summed E-state index contributed by atoms with van der Waals surface area (Å²) in [5.74, 6) is 0.988.